The Kier molecular flexibility index (Phi) is 3.98. The van der Waals surface area contributed by atoms with E-state index in [1.165, 1.54) is 23.6 Å². The molecule has 0 aliphatic heterocycles. The van der Waals surface area contributed by atoms with Crippen LogP contribution in [0, 0.1) is 4.77 Å². The van der Waals surface area contributed by atoms with Gasteiger partial charge in [0.05, 0.1) is 4.88 Å². The van der Waals surface area contributed by atoms with E-state index in [0.29, 0.717) is 10.6 Å². The maximum atomic E-state index is 12.1. The Hall–Kier alpha value is -2.52. The van der Waals surface area contributed by atoms with Crippen LogP contribution in [-0.4, -0.2) is 30.8 Å². The number of nitrogens with one attached hydrogen (secondary N) is 2. The Bertz CT molecular complexity index is 853. The van der Waals surface area contributed by atoms with Gasteiger partial charge in [0.25, 0.3) is 0 Å². The number of thiophene rings is 1. The third kappa shape index (κ3) is 2.90. The average Bonchev–Trinajstić information content (AvgIpc) is 3.12. The molecule has 0 saturated heterocycles. The lowest BCUT2D eigenvalue weighted by atomic mass is 10.4. The van der Waals surface area contributed by atoms with Crippen molar-refractivity contribution in [1.29, 1.82) is 0 Å². The number of aromatic hydroxyl groups is 1. The van der Waals surface area contributed by atoms with Crippen molar-refractivity contribution in [1.82, 2.24) is 19.7 Å². The van der Waals surface area contributed by atoms with E-state index in [0.717, 1.165) is 4.88 Å². The van der Waals surface area contributed by atoms with Crippen LogP contribution in [0.4, 0.5) is 5.82 Å². The zero-order valence-electron chi connectivity index (χ0n) is 11.2. The van der Waals surface area contributed by atoms with Crippen LogP contribution in [0.25, 0.3) is 10.7 Å². The van der Waals surface area contributed by atoms with E-state index in [-0.39, 0.29) is 24.0 Å². The molecule has 3 heterocycles. The monoisotopic (exact) mass is 333 g/mol. The van der Waals surface area contributed by atoms with E-state index in [1.54, 1.807) is 10.6 Å². The van der Waals surface area contributed by atoms with Crippen molar-refractivity contribution in [3.8, 4) is 16.5 Å². The first-order valence-electron chi connectivity index (χ1n) is 6.28. The van der Waals surface area contributed by atoms with Crippen LogP contribution in [-0.2, 0) is 11.3 Å². The van der Waals surface area contributed by atoms with E-state index in [2.05, 4.69) is 20.5 Å². The first-order chi connectivity index (χ1) is 10.6. The molecule has 3 aromatic heterocycles. The predicted molar refractivity (Wildman–Crippen MR) is 85.3 cm³/mol. The molecule has 0 aliphatic carbocycles. The van der Waals surface area contributed by atoms with Crippen LogP contribution in [0.1, 0.15) is 0 Å². The molecule has 0 aromatic carbocycles. The lowest BCUT2D eigenvalue weighted by molar-refractivity contribution is -0.116. The van der Waals surface area contributed by atoms with Crippen LogP contribution in [0.5, 0.6) is 5.75 Å². The van der Waals surface area contributed by atoms with Crippen LogP contribution >= 0.6 is 23.6 Å². The Morgan fingerprint density at radius 3 is 3.05 bits per heavy atom. The fourth-order valence-electron chi connectivity index (χ4n) is 1.87. The molecule has 7 nitrogen and oxygen atoms in total. The Labute approximate surface area is 134 Å². The number of pyridine rings is 1. The first kappa shape index (κ1) is 14.4. The first-order valence-corrected chi connectivity index (χ1v) is 7.57. The number of rotatable bonds is 4. The van der Waals surface area contributed by atoms with Crippen molar-refractivity contribution in [2.75, 3.05) is 5.32 Å². The van der Waals surface area contributed by atoms with Crippen molar-refractivity contribution < 1.29 is 9.90 Å². The Balaban J connectivity index is 1.82. The number of H-pyrrole nitrogens is 1. The average molecular weight is 333 g/mol. The largest absolute Gasteiger partial charge is 0.504 e. The normalized spacial score (nSPS) is 10.5. The fraction of sp³-hybridized carbons (Fsp3) is 0.0769. The minimum Gasteiger partial charge on any atom is -0.504 e. The van der Waals surface area contributed by atoms with Crippen molar-refractivity contribution in [2.45, 2.75) is 6.54 Å². The fourth-order valence-corrected chi connectivity index (χ4v) is 2.79. The van der Waals surface area contributed by atoms with Crippen LogP contribution in [0.15, 0.2) is 35.8 Å². The molecule has 3 rings (SSSR count). The van der Waals surface area contributed by atoms with Gasteiger partial charge in [-0.25, -0.2) is 4.98 Å². The molecule has 9 heteroatoms. The van der Waals surface area contributed by atoms with E-state index in [4.69, 9.17) is 12.2 Å². The highest BCUT2D eigenvalue weighted by Gasteiger charge is 2.14. The summed E-state index contributed by atoms with van der Waals surface area (Å²) in [5, 5.41) is 20.9. The molecular weight excluding hydrogens is 322 g/mol. The minimum atomic E-state index is -0.357. The van der Waals surface area contributed by atoms with Crippen LogP contribution in [0.2, 0.25) is 0 Å². The number of anilines is 1. The lowest BCUT2D eigenvalue weighted by Crippen LogP contribution is -2.20. The molecule has 3 N–H and O–H groups in total. The van der Waals surface area contributed by atoms with Gasteiger partial charge in [-0.15, -0.1) is 11.3 Å². The number of aromatic nitrogens is 4. The molecule has 0 bridgehead atoms. The van der Waals surface area contributed by atoms with Crippen molar-refractivity contribution >= 4 is 35.3 Å². The minimum absolute atomic E-state index is 0.0292. The third-order valence-corrected chi connectivity index (χ3v) is 4.02. The summed E-state index contributed by atoms with van der Waals surface area (Å²) in [7, 11) is 0. The summed E-state index contributed by atoms with van der Waals surface area (Å²) in [6.07, 6.45) is 1.48. The van der Waals surface area contributed by atoms with Gasteiger partial charge in [0, 0.05) is 6.20 Å². The Morgan fingerprint density at radius 2 is 2.32 bits per heavy atom. The second kappa shape index (κ2) is 6.08. The summed E-state index contributed by atoms with van der Waals surface area (Å²) in [5.74, 6) is 0.259. The van der Waals surface area contributed by atoms with Gasteiger partial charge in [0.2, 0.25) is 5.91 Å². The van der Waals surface area contributed by atoms with E-state index in [9.17, 15) is 9.90 Å². The molecule has 3 aromatic rings. The molecule has 0 radical (unpaired) electrons. The van der Waals surface area contributed by atoms with Gasteiger partial charge < -0.3 is 10.4 Å². The highest BCUT2D eigenvalue weighted by molar-refractivity contribution is 7.71. The number of aromatic amines is 1. The predicted octanol–water partition coefficient (Wildman–Crippen LogP) is 2.41. The molecule has 0 saturated carbocycles. The summed E-state index contributed by atoms with van der Waals surface area (Å²) in [5.41, 5.74) is 0. The highest BCUT2D eigenvalue weighted by Crippen LogP contribution is 2.23. The van der Waals surface area contributed by atoms with Crippen LogP contribution in [0.3, 0.4) is 0 Å². The number of nitrogens with zero attached hydrogens (tertiary/aromatic N) is 3. The van der Waals surface area contributed by atoms with E-state index < -0.39 is 0 Å². The second-order valence-electron chi connectivity index (χ2n) is 4.34. The maximum Gasteiger partial charge on any atom is 0.245 e. The number of hydrogen-bond acceptors (Lipinski definition) is 6. The van der Waals surface area contributed by atoms with Crippen molar-refractivity contribution in [3.05, 3.63) is 40.6 Å². The maximum absolute atomic E-state index is 12.1. The molecule has 22 heavy (non-hydrogen) atoms. The summed E-state index contributed by atoms with van der Waals surface area (Å²) < 4.78 is 1.94. The van der Waals surface area contributed by atoms with E-state index in [1.807, 2.05) is 17.5 Å². The topological polar surface area (TPSA) is 95.8 Å². The zero-order chi connectivity index (χ0) is 15.5. The summed E-state index contributed by atoms with van der Waals surface area (Å²) in [6, 6.07) is 6.82. The molecular formula is C13H11N5O2S2. The summed E-state index contributed by atoms with van der Waals surface area (Å²) in [4.78, 5) is 16.9. The van der Waals surface area contributed by atoms with Gasteiger partial charge in [-0.2, -0.15) is 5.10 Å². The lowest BCUT2D eigenvalue weighted by Gasteiger charge is -2.07. The third-order valence-electron chi connectivity index (χ3n) is 2.85. The van der Waals surface area contributed by atoms with Gasteiger partial charge in [0.1, 0.15) is 6.54 Å². The Morgan fingerprint density at radius 1 is 1.45 bits per heavy atom. The molecule has 0 atom stereocenters. The highest BCUT2D eigenvalue weighted by atomic mass is 32.1. The van der Waals surface area contributed by atoms with Gasteiger partial charge in [-0.1, -0.05) is 6.07 Å². The molecule has 0 unspecified atom stereocenters. The van der Waals surface area contributed by atoms with Gasteiger partial charge in [-0.3, -0.25) is 14.5 Å². The molecule has 0 aliphatic rings. The van der Waals surface area contributed by atoms with Crippen molar-refractivity contribution in [3.63, 3.8) is 0 Å². The van der Waals surface area contributed by atoms with Gasteiger partial charge >= 0.3 is 0 Å². The zero-order valence-corrected chi connectivity index (χ0v) is 12.8. The molecule has 1 amide bonds. The smallest absolute Gasteiger partial charge is 0.245 e. The summed E-state index contributed by atoms with van der Waals surface area (Å²) >= 11 is 6.66. The number of carbonyl (C=O) groups is 1. The quantitative estimate of drug-likeness (QED) is 0.637. The molecule has 0 fully saturated rings. The van der Waals surface area contributed by atoms with Gasteiger partial charge in [0.15, 0.2) is 22.2 Å². The second-order valence-corrected chi connectivity index (χ2v) is 5.67. The molecule has 0 spiro atoms. The van der Waals surface area contributed by atoms with E-state index >= 15 is 0 Å². The molecule has 112 valence electrons. The number of hydrogen-bond donors (Lipinski definition) is 3. The number of carbonyl (C=O) groups excluding carboxylic acids is 1. The summed E-state index contributed by atoms with van der Waals surface area (Å²) in [6.45, 7) is -0.0292. The van der Waals surface area contributed by atoms with Crippen molar-refractivity contribution in [2.24, 2.45) is 0 Å². The number of amides is 1. The standard InChI is InChI=1S/C13H11N5O2S2/c19-8-3-1-5-14-11(8)15-10(20)7-18-12(16-17-13(18)21)9-4-2-6-22-9/h1-6,19H,7H2,(H,17,21)(H,14,15,20). The van der Waals surface area contributed by atoms with Crippen LogP contribution < -0.4 is 5.32 Å². The van der Waals surface area contributed by atoms with Gasteiger partial charge in [-0.05, 0) is 35.8 Å². The SMILES string of the molecule is O=C(Cn1c(-c2cccs2)n[nH]c1=S)Nc1ncccc1O.